The highest BCUT2D eigenvalue weighted by atomic mass is 16.5. The average molecular weight is 251 g/mol. The third-order valence-corrected chi connectivity index (χ3v) is 3.64. The second-order valence-corrected chi connectivity index (χ2v) is 4.98. The number of rotatable bonds is 3. The molecule has 2 aliphatic rings. The van der Waals surface area contributed by atoms with Crippen LogP contribution in [0.2, 0.25) is 0 Å². The van der Waals surface area contributed by atoms with Crippen LogP contribution in [-0.2, 0) is 4.74 Å². The van der Waals surface area contributed by atoms with Crippen molar-refractivity contribution >= 4 is 5.82 Å². The number of hydrogen-bond donors (Lipinski definition) is 1. The Balaban J connectivity index is 1.91. The lowest BCUT2D eigenvalue weighted by atomic mass is 10.2. The number of nitrogens with zero attached hydrogens (tertiary/aromatic N) is 3. The molecule has 2 heterocycles. The van der Waals surface area contributed by atoms with Crippen LogP contribution in [-0.4, -0.2) is 47.1 Å². The highest BCUT2D eigenvalue weighted by molar-refractivity contribution is 5.37. The van der Waals surface area contributed by atoms with Crippen molar-refractivity contribution in [2.45, 2.75) is 31.0 Å². The first-order valence-corrected chi connectivity index (χ1v) is 6.24. The van der Waals surface area contributed by atoms with E-state index in [1.54, 1.807) is 28.9 Å². The second-order valence-electron chi connectivity index (χ2n) is 4.98. The lowest BCUT2D eigenvalue weighted by Gasteiger charge is -2.26. The molecule has 0 radical (unpaired) electrons. The van der Waals surface area contributed by atoms with Crippen molar-refractivity contribution in [2.24, 2.45) is 0 Å². The first kappa shape index (κ1) is 11.7. The molecule has 1 saturated carbocycles. The van der Waals surface area contributed by atoms with Crippen molar-refractivity contribution in [1.29, 1.82) is 0 Å². The molecule has 0 aromatic carbocycles. The highest BCUT2D eigenvalue weighted by Gasteiger charge is 2.33. The molecule has 0 bridgehead atoms. The Kier molecular flexibility index (Phi) is 2.83. The third-order valence-electron chi connectivity index (χ3n) is 3.64. The van der Waals surface area contributed by atoms with Crippen molar-refractivity contribution in [3.05, 3.63) is 22.7 Å². The molecule has 3 rings (SSSR count). The Morgan fingerprint density at radius 1 is 1.50 bits per heavy atom. The topological polar surface area (TPSA) is 67.6 Å². The van der Waals surface area contributed by atoms with E-state index in [1.807, 2.05) is 0 Å². The standard InChI is InChI=1S/C12H17N3O3/c1-14(9-6-18-7-10(9)16)11-12(17)15(5-4-13-11)8-2-3-8/h4-5,8-10,16H,2-3,6-7H2,1H3. The Labute approximate surface area is 105 Å². The summed E-state index contributed by atoms with van der Waals surface area (Å²) >= 11 is 0. The van der Waals surface area contributed by atoms with Crippen LogP contribution in [0.25, 0.3) is 0 Å². The third kappa shape index (κ3) is 1.91. The molecule has 6 nitrogen and oxygen atoms in total. The number of aliphatic hydroxyl groups excluding tert-OH is 1. The smallest absolute Gasteiger partial charge is 0.293 e. The molecule has 1 aromatic rings. The van der Waals surface area contributed by atoms with Gasteiger partial charge in [-0.25, -0.2) is 4.98 Å². The molecule has 98 valence electrons. The van der Waals surface area contributed by atoms with Crippen LogP contribution in [0, 0.1) is 0 Å². The molecule has 1 saturated heterocycles. The van der Waals surface area contributed by atoms with Crippen LogP contribution in [0.3, 0.4) is 0 Å². The van der Waals surface area contributed by atoms with E-state index in [4.69, 9.17) is 4.74 Å². The summed E-state index contributed by atoms with van der Waals surface area (Å²) in [6.07, 6.45) is 4.93. The van der Waals surface area contributed by atoms with Gasteiger partial charge >= 0.3 is 0 Å². The summed E-state index contributed by atoms with van der Waals surface area (Å²) in [6.45, 7) is 0.746. The van der Waals surface area contributed by atoms with E-state index in [0.717, 1.165) is 12.8 Å². The van der Waals surface area contributed by atoms with Gasteiger partial charge in [-0.2, -0.15) is 0 Å². The molecule has 1 aromatic heterocycles. The molecule has 1 N–H and O–H groups in total. The summed E-state index contributed by atoms with van der Waals surface area (Å²) in [5, 5.41) is 9.80. The molecule has 2 atom stereocenters. The first-order chi connectivity index (χ1) is 8.68. The van der Waals surface area contributed by atoms with Crippen LogP contribution in [0.1, 0.15) is 18.9 Å². The first-order valence-electron chi connectivity index (χ1n) is 6.24. The monoisotopic (exact) mass is 251 g/mol. The minimum absolute atomic E-state index is 0.0819. The van der Waals surface area contributed by atoms with Crippen LogP contribution in [0.5, 0.6) is 0 Å². The van der Waals surface area contributed by atoms with Crippen molar-refractivity contribution in [1.82, 2.24) is 9.55 Å². The molecule has 0 amide bonds. The maximum Gasteiger partial charge on any atom is 0.293 e. The van der Waals surface area contributed by atoms with Gasteiger partial charge < -0.3 is 19.3 Å². The Bertz CT molecular complexity index is 498. The van der Waals surface area contributed by atoms with Gasteiger partial charge in [0.2, 0.25) is 0 Å². The number of anilines is 1. The molecule has 1 aliphatic heterocycles. The highest BCUT2D eigenvalue weighted by Crippen LogP contribution is 2.33. The van der Waals surface area contributed by atoms with Gasteiger partial charge in [-0.15, -0.1) is 0 Å². The number of hydrogen-bond acceptors (Lipinski definition) is 5. The van der Waals surface area contributed by atoms with Crippen LogP contribution < -0.4 is 10.5 Å². The van der Waals surface area contributed by atoms with E-state index >= 15 is 0 Å². The summed E-state index contributed by atoms with van der Waals surface area (Å²) in [4.78, 5) is 18.2. The summed E-state index contributed by atoms with van der Waals surface area (Å²) in [6, 6.07) is 0.137. The summed E-state index contributed by atoms with van der Waals surface area (Å²) in [7, 11) is 1.78. The number of aromatic nitrogens is 2. The molecule has 2 fully saturated rings. The molecule has 18 heavy (non-hydrogen) atoms. The maximum atomic E-state index is 12.3. The number of likely N-dealkylation sites (N-methyl/N-ethyl adjacent to an activating group) is 1. The fraction of sp³-hybridized carbons (Fsp3) is 0.667. The van der Waals surface area contributed by atoms with Crippen molar-refractivity contribution in [3.63, 3.8) is 0 Å². The molecule has 1 aliphatic carbocycles. The van der Waals surface area contributed by atoms with E-state index in [-0.39, 0.29) is 11.6 Å². The molecular formula is C12H17N3O3. The molecule has 2 unspecified atom stereocenters. The predicted octanol–water partition coefficient (Wildman–Crippen LogP) is -0.226. The van der Waals surface area contributed by atoms with E-state index in [2.05, 4.69) is 4.98 Å². The van der Waals surface area contributed by atoms with Crippen molar-refractivity contribution in [2.75, 3.05) is 25.2 Å². The average Bonchev–Trinajstić information content (AvgIpc) is 3.11. The van der Waals surface area contributed by atoms with Crippen LogP contribution in [0.15, 0.2) is 17.2 Å². The van der Waals surface area contributed by atoms with Gasteiger partial charge in [0.1, 0.15) is 0 Å². The van der Waals surface area contributed by atoms with E-state index in [0.29, 0.717) is 25.1 Å². The van der Waals surface area contributed by atoms with Gasteiger partial charge in [-0.3, -0.25) is 4.79 Å². The van der Waals surface area contributed by atoms with Crippen molar-refractivity contribution in [3.8, 4) is 0 Å². The zero-order valence-electron chi connectivity index (χ0n) is 10.3. The quantitative estimate of drug-likeness (QED) is 0.804. The Morgan fingerprint density at radius 3 is 2.89 bits per heavy atom. The predicted molar refractivity (Wildman–Crippen MR) is 65.8 cm³/mol. The van der Waals surface area contributed by atoms with Gasteiger partial charge in [0.05, 0.1) is 25.4 Å². The molecule has 6 heteroatoms. The maximum absolute atomic E-state index is 12.3. The van der Waals surface area contributed by atoms with E-state index in [1.165, 1.54) is 0 Å². The molecular weight excluding hydrogens is 234 g/mol. The normalized spacial score (nSPS) is 27.4. The Hall–Kier alpha value is -1.40. The van der Waals surface area contributed by atoms with Gasteiger partial charge in [-0.05, 0) is 12.8 Å². The van der Waals surface area contributed by atoms with Gasteiger partial charge in [0, 0.05) is 25.5 Å². The van der Waals surface area contributed by atoms with Crippen LogP contribution in [0.4, 0.5) is 5.82 Å². The minimum atomic E-state index is -0.564. The van der Waals surface area contributed by atoms with Gasteiger partial charge in [-0.1, -0.05) is 0 Å². The van der Waals surface area contributed by atoms with Crippen molar-refractivity contribution < 1.29 is 9.84 Å². The fourth-order valence-corrected chi connectivity index (χ4v) is 2.35. The van der Waals surface area contributed by atoms with E-state index < -0.39 is 6.10 Å². The molecule has 0 spiro atoms. The SMILES string of the molecule is CN(c1nccn(C2CC2)c1=O)C1COCC1O. The lowest BCUT2D eigenvalue weighted by Crippen LogP contribution is -2.44. The number of ether oxygens (including phenoxy) is 1. The van der Waals surface area contributed by atoms with Crippen LogP contribution >= 0.6 is 0 Å². The van der Waals surface area contributed by atoms with E-state index in [9.17, 15) is 9.90 Å². The summed E-state index contributed by atoms with van der Waals surface area (Å²) < 4.78 is 6.95. The minimum Gasteiger partial charge on any atom is -0.388 e. The summed E-state index contributed by atoms with van der Waals surface area (Å²) in [5.74, 6) is 0.388. The largest absolute Gasteiger partial charge is 0.388 e. The summed E-state index contributed by atoms with van der Waals surface area (Å²) in [5.41, 5.74) is -0.0819. The lowest BCUT2D eigenvalue weighted by molar-refractivity contribution is 0.124. The van der Waals surface area contributed by atoms with Gasteiger partial charge in [0.25, 0.3) is 5.56 Å². The number of aliphatic hydroxyl groups is 1. The Morgan fingerprint density at radius 2 is 2.28 bits per heavy atom. The fourth-order valence-electron chi connectivity index (χ4n) is 2.35. The second kappa shape index (κ2) is 4.37. The van der Waals surface area contributed by atoms with Gasteiger partial charge in [0.15, 0.2) is 5.82 Å². The zero-order valence-corrected chi connectivity index (χ0v) is 10.3. The zero-order chi connectivity index (χ0) is 12.7.